The first kappa shape index (κ1) is 13.6. The molecule has 0 bridgehead atoms. The van der Waals surface area contributed by atoms with Crippen LogP contribution >= 0.6 is 0 Å². The number of carbonyl (C=O) groups excluding carboxylic acids is 2. The number of amides is 4. The monoisotopic (exact) mass is 291 g/mol. The number of hydrogen-bond acceptors (Lipinski definition) is 5. The Morgan fingerprint density at radius 3 is 3.05 bits per heavy atom. The average Bonchev–Trinajstić information content (AvgIpc) is 2.94. The molecule has 1 aromatic rings. The lowest BCUT2D eigenvalue weighted by Crippen LogP contribution is -2.50. The van der Waals surface area contributed by atoms with Crippen LogP contribution in [0.25, 0.3) is 0 Å². The van der Waals surface area contributed by atoms with Gasteiger partial charge in [-0.15, -0.1) is 0 Å². The molecule has 0 radical (unpaired) electrons. The van der Waals surface area contributed by atoms with E-state index in [-0.39, 0.29) is 18.2 Å². The summed E-state index contributed by atoms with van der Waals surface area (Å²) in [5.74, 6) is 0.503. The molecule has 2 fully saturated rings. The molecular weight excluding hydrogens is 274 g/mol. The van der Waals surface area contributed by atoms with Gasteiger partial charge in [-0.3, -0.25) is 0 Å². The molecule has 2 aliphatic heterocycles. The lowest BCUT2D eigenvalue weighted by Gasteiger charge is -2.34. The molecule has 8 heteroatoms. The highest BCUT2D eigenvalue weighted by molar-refractivity contribution is 5.95. The Balaban J connectivity index is 1.60. The number of aromatic nitrogens is 2. The number of nitrogens with zero attached hydrogens (tertiary/aromatic N) is 4. The van der Waals surface area contributed by atoms with Gasteiger partial charge >= 0.3 is 12.1 Å². The van der Waals surface area contributed by atoms with Crippen LogP contribution in [0.1, 0.15) is 12.8 Å². The van der Waals surface area contributed by atoms with E-state index >= 15 is 0 Å². The molecule has 2 aliphatic rings. The van der Waals surface area contributed by atoms with Gasteiger partial charge < -0.3 is 15.0 Å². The van der Waals surface area contributed by atoms with E-state index in [1.165, 1.54) is 11.2 Å². The molecule has 3 heterocycles. The Hall–Kier alpha value is -2.38. The first-order valence-electron chi connectivity index (χ1n) is 7.01. The van der Waals surface area contributed by atoms with Crippen molar-refractivity contribution in [2.75, 3.05) is 26.2 Å². The molecular formula is C13H17N5O3. The van der Waals surface area contributed by atoms with Gasteiger partial charge in [0.05, 0.1) is 6.54 Å². The Bertz CT molecular complexity index is 524. The lowest BCUT2D eigenvalue weighted by atomic mass is 10.1. The largest absolute Gasteiger partial charge is 0.472 e. The molecule has 0 saturated carbocycles. The van der Waals surface area contributed by atoms with Crippen LogP contribution in [0, 0.1) is 0 Å². The summed E-state index contributed by atoms with van der Waals surface area (Å²) in [6.07, 6.45) is 4.64. The second kappa shape index (κ2) is 5.94. The normalized spacial score (nSPS) is 22.1. The minimum Gasteiger partial charge on any atom is -0.472 e. The van der Waals surface area contributed by atoms with Crippen molar-refractivity contribution < 1.29 is 14.3 Å². The Kier molecular flexibility index (Phi) is 3.85. The van der Waals surface area contributed by atoms with Crippen LogP contribution in [-0.2, 0) is 0 Å². The standard InChI is InChI=1S/C13H17N5O3/c19-12-15-5-7-18(12)13(20)17-6-1-2-10(8-17)21-11-3-4-14-9-16-11/h3-4,9-10H,1-2,5-8H2,(H,15,19)/t10-/m1/s1. The number of carbonyl (C=O) groups is 2. The van der Waals surface area contributed by atoms with Crippen molar-refractivity contribution in [1.29, 1.82) is 0 Å². The highest BCUT2D eigenvalue weighted by atomic mass is 16.5. The smallest absolute Gasteiger partial charge is 0.328 e. The molecule has 1 aromatic heterocycles. The van der Waals surface area contributed by atoms with Crippen LogP contribution < -0.4 is 10.1 Å². The first-order chi connectivity index (χ1) is 10.2. The number of hydrogen-bond donors (Lipinski definition) is 1. The zero-order valence-corrected chi connectivity index (χ0v) is 11.6. The number of ether oxygens (including phenoxy) is 1. The van der Waals surface area contributed by atoms with Gasteiger partial charge in [0, 0.05) is 31.9 Å². The average molecular weight is 291 g/mol. The highest BCUT2D eigenvalue weighted by Gasteiger charge is 2.33. The van der Waals surface area contributed by atoms with Gasteiger partial charge in [-0.25, -0.2) is 24.5 Å². The van der Waals surface area contributed by atoms with Gasteiger partial charge in [0.25, 0.3) is 0 Å². The van der Waals surface area contributed by atoms with Crippen LogP contribution in [0.5, 0.6) is 5.88 Å². The maximum Gasteiger partial charge on any atom is 0.328 e. The zero-order chi connectivity index (χ0) is 14.7. The minimum absolute atomic E-state index is 0.108. The third-order valence-electron chi connectivity index (χ3n) is 3.58. The van der Waals surface area contributed by atoms with Gasteiger partial charge in [-0.1, -0.05) is 0 Å². The summed E-state index contributed by atoms with van der Waals surface area (Å²) in [6, 6.07) is 1.12. The lowest BCUT2D eigenvalue weighted by molar-refractivity contribution is 0.0881. The van der Waals surface area contributed by atoms with E-state index < -0.39 is 0 Å². The molecule has 0 spiro atoms. The van der Waals surface area contributed by atoms with E-state index in [1.54, 1.807) is 17.2 Å². The van der Waals surface area contributed by atoms with Crippen LogP contribution in [0.4, 0.5) is 9.59 Å². The third kappa shape index (κ3) is 3.04. The maximum absolute atomic E-state index is 12.3. The van der Waals surface area contributed by atoms with Gasteiger partial charge in [0.2, 0.25) is 5.88 Å². The summed E-state index contributed by atoms with van der Waals surface area (Å²) in [7, 11) is 0. The second-order valence-electron chi connectivity index (χ2n) is 5.04. The fourth-order valence-electron chi connectivity index (χ4n) is 2.55. The summed E-state index contributed by atoms with van der Waals surface area (Å²) >= 11 is 0. The van der Waals surface area contributed by atoms with E-state index in [2.05, 4.69) is 15.3 Å². The Labute approximate surface area is 122 Å². The molecule has 0 aliphatic carbocycles. The molecule has 0 unspecified atom stereocenters. The van der Waals surface area contributed by atoms with E-state index in [0.29, 0.717) is 32.1 Å². The first-order valence-corrected chi connectivity index (χ1v) is 7.01. The minimum atomic E-state index is -0.321. The number of urea groups is 2. The molecule has 1 atom stereocenters. The molecule has 0 aromatic carbocycles. The van der Waals surface area contributed by atoms with Crippen LogP contribution in [0.15, 0.2) is 18.6 Å². The molecule has 3 rings (SSSR count). The number of imide groups is 1. The Morgan fingerprint density at radius 1 is 1.43 bits per heavy atom. The number of nitrogens with one attached hydrogen (secondary N) is 1. The highest BCUT2D eigenvalue weighted by Crippen LogP contribution is 2.17. The summed E-state index contributed by atoms with van der Waals surface area (Å²) in [5.41, 5.74) is 0. The third-order valence-corrected chi connectivity index (χ3v) is 3.58. The number of piperidine rings is 1. The molecule has 2 saturated heterocycles. The number of likely N-dealkylation sites (tertiary alicyclic amines) is 1. The van der Waals surface area contributed by atoms with Crippen molar-refractivity contribution in [3.63, 3.8) is 0 Å². The summed E-state index contributed by atoms with van der Waals surface area (Å²) in [5, 5.41) is 2.63. The van der Waals surface area contributed by atoms with E-state index in [0.717, 1.165) is 12.8 Å². The van der Waals surface area contributed by atoms with E-state index in [4.69, 9.17) is 4.74 Å². The molecule has 1 N–H and O–H groups in total. The summed E-state index contributed by atoms with van der Waals surface area (Å²) in [4.78, 5) is 34.6. The van der Waals surface area contributed by atoms with Gasteiger partial charge in [0.1, 0.15) is 12.4 Å². The topological polar surface area (TPSA) is 87.7 Å². The SMILES string of the molecule is O=C1NCCN1C(=O)N1CCC[C@@H](Oc2ccncn2)C1. The molecule has 4 amide bonds. The van der Waals surface area contributed by atoms with Crippen molar-refractivity contribution >= 4 is 12.1 Å². The molecule has 8 nitrogen and oxygen atoms in total. The van der Waals surface area contributed by atoms with Crippen molar-refractivity contribution in [2.24, 2.45) is 0 Å². The Morgan fingerprint density at radius 2 is 2.33 bits per heavy atom. The van der Waals surface area contributed by atoms with Crippen LogP contribution in [0.2, 0.25) is 0 Å². The predicted molar refractivity (Wildman–Crippen MR) is 72.8 cm³/mol. The van der Waals surface area contributed by atoms with Gasteiger partial charge in [-0.2, -0.15) is 0 Å². The van der Waals surface area contributed by atoms with E-state index in [9.17, 15) is 9.59 Å². The predicted octanol–water partition coefficient (Wildman–Crippen LogP) is 0.465. The summed E-state index contributed by atoms with van der Waals surface area (Å²) < 4.78 is 5.76. The fraction of sp³-hybridized carbons (Fsp3) is 0.538. The quantitative estimate of drug-likeness (QED) is 0.855. The number of rotatable bonds is 2. The van der Waals surface area contributed by atoms with Crippen LogP contribution in [-0.4, -0.2) is 64.1 Å². The van der Waals surface area contributed by atoms with Crippen molar-refractivity contribution in [2.45, 2.75) is 18.9 Å². The second-order valence-corrected chi connectivity index (χ2v) is 5.04. The van der Waals surface area contributed by atoms with Crippen LogP contribution in [0.3, 0.4) is 0 Å². The summed E-state index contributed by atoms with van der Waals surface area (Å²) in [6.45, 7) is 2.05. The fourth-order valence-corrected chi connectivity index (χ4v) is 2.55. The van der Waals surface area contributed by atoms with Gasteiger partial charge in [-0.05, 0) is 12.8 Å². The maximum atomic E-state index is 12.3. The van der Waals surface area contributed by atoms with Gasteiger partial charge in [0.15, 0.2) is 0 Å². The van der Waals surface area contributed by atoms with Crippen molar-refractivity contribution in [1.82, 2.24) is 25.1 Å². The van der Waals surface area contributed by atoms with E-state index in [1.807, 2.05) is 0 Å². The molecule has 21 heavy (non-hydrogen) atoms. The zero-order valence-electron chi connectivity index (χ0n) is 11.6. The van der Waals surface area contributed by atoms with Crippen molar-refractivity contribution in [3.8, 4) is 5.88 Å². The van der Waals surface area contributed by atoms with Crippen molar-refractivity contribution in [3.05, 3.63) is 18.6 Å². The molecule has 112 valence electrons.